The van der Waals surface area contributed by atoms with Gasteiger partial charge in [0.25, 0.3) is 5.91 Å². The molecule has 0 saturated carbocycles. The Morgan fingerprint density at radius 2 is 2.08 bits per heavy atom. The third-order valence-corrected chi connectivity index (χ3v) is 4.34. The maximum absolute atomic E-state index is 12.6. The van der Waals surface area contributed by atoms with Crippen molar-refractivity contribution in [1.82, 2.24) is 15.0 Å². The smallest absolute Gasteiger partial charge is 0.254 e. The largest absolute Gasteiger partial charge is 0.359 e. The number of rotatable bonds is 4. The van der Waals surface area contributed by atoms with Crippen molar-refractivity contribution in [1.29, 1.82) is 0 Å². The summed E-state index contributed by atoms with van der Waals surface area (Å²) in [6.07, 6.45) is 0.630. The second-order valence-corrected chi connectivity index (χ2v) is 6.60. The van der Waals surface area contributed by atoms with Crippen LogP contribution in [0, 0.1) is 0 Å². The van der Waals surface area contributed by atoms with Crippen LogP contribution < -0.4 is 0 Å². The summed E-state index contributed by atoms with van der Waals surface area (Å²) >= 11 is 6.40. The van der Waals surface area contributed by atoms with Crippen molar-refractivity contribution in [3.8, 4) is 0 Å². The Kier molecular flexibility index (Phi) is 5.02. The highest BCUT2D eigenvalue weighted by molar-refractivity contribution is 6.32. The summed E-state index contributed by atoms with van der Waals surface area (Å²) in [6, 6.07) is 11.2. The van der Waals surface area contributed by atoms with Crippen LogP contribution in [0.3, 0.4) is 0 Å². The van der Waals surface area contributed by atoms with Crippen molar-refractivity contribution in [3.05, 3.63) is 58.4 Å². The van der Waals surface area contributed by atoms with E-state index in [1.165, 1.54) is 0 Å². The minimum Gasteiger partial charge on any atom is -0.359 e. The lowest BCUT2D eigenvalue weighted by Crippen LogP contribution is -2.36. The second kappa shape index (κ2) is 7.20. The lowest BCUT2D eigenvalue weighted by Gasteiger charge is -2.28. The Morgan fingerprint density at radius 1 is 1.33 bits per heavy atom. The lowest BCUT2D eigenvalue weighted by atomic mass is 10.0. The van der Waals surface area contributed by atoms with E-state index < -0.39 is 0 Å². The predicted octanol–water partition coefficient (Wildman–Crippen LogP) is 3.23. The van der Waals surface area contributed by atoms with E-state index in [1.54, 1.807) is 4.90 Å². The van der Waals surface area contributed by atoms with Crippen LogP contribution in [-0.2, 0) is 6.54 Å². The molecule has 0 radical (unpaired) electrons. The molecule has 0 atom stereocenters. The Hall–Kier alpha value is -2.11. The lowest BCUT2D eigenvalue weighted by molar-refractivity contribution is 0.0774. The Balaban J connectivity index is 1.79. The van der Waals surface area contributed by atoms with Crippen LogP contribution in [0.2, 0.25) is 0 Å². The first kappa shape index (κ1) is 16.7. The van der Waals surface area contributed by atoms with Crippen LogP contribution in [0.15, 0.2) is 46.0 Å². The molecule has 1 aromatic heterocycles. The molecule has 2 aromatic rings. The van der Waals surface area contributed by atoms with Gasteiger partial charge in [0.05, 0.1) is 6.54 Å². The summed E-state index contributed by atoms with van der Waals surface area (Å²) in [5.74, 6) is 0.785. The zero-order chi connectivity index (χ0) is 17.1. The maximum Gasteiger partial charge on any atom is 0.254 e. The molecular weight excluding hydrogens is 326 g/mol. The summed E-state index contributed by atoms with van der Waals surface area (Å²) in [4.78, 5) is 16.5. The third kappa shape index (κ3) is 3.68. The number of benzene rings is 1. The number of aromatic nitrogens is 1. The van der Waals surface area contributed by atoms with Crippen LogP contribution in [0.4, 0.5) is 0 Å². The SMILES string of the molecule is CN(C)Cc1cc(C2=C(Cl)CCN(C(=O)c3ccccc3)C2)no1. The Labute approximate surface area is 146 Å². The third-order valence-electron chi connectivity index (χ3n) is 3.93. The van der Waals surface area contributed by atoms with Crippen LogP contribution in [0.25, 0.3) is 5.57 Å². The summed E-state index contributed by atoms with van der Waals surface area (Å²) in [5.41, 5.74) is 2.26. The molecule has 0 fully saturated rings. The fraction of sp³-hybridized carbons (Fsp3) is 0.333. The normalized spacial score (nSPS) is 15.2. The minimum absolute atomic E-state index is 0.00859. The topological polar surface area (TPSA) is 49.6 Å². The van der Waals surface area contributed by atoms with Crippen molar-refractivity contribution in [2.75, 3.05) is 27.2 Å². The summed E-state index contributed by atoms with van der Waals surface area (Å²) in [6.45, 7) is 1.73. The molecule has 1 aromatic carbocycles. The van der Waals surface area contributed by atoms with E-state index in [0.717, 1.165) is 16.4 Å². The van der Waals surface area contributed by atoms with E-state index in [1.807, 2.05) is 55.4 Å². The molecule has 0 N–H and O–H groups in total. The van der Waals surface area contributed by atoms with Crippen molar-refractivity contribution in [3.63, 3.8) is 0 Å². The molecule has 6 heteroatoms. The molecule has 5 nitrogen and oxygen atoms in total. The van der Waals surface area contributed by atoms with Crippen molar-refractivity contribution < 1.29 is 9.32 Å². The fourth-order valence-corrected chi connectivity index (χ4v) is 2.98. The van der Waals surface area contributed by atoms with Gasteiger partial charge >= 0.3 is 0 Å². The quantitative estimate of drug-likeness (QED) is 0.853. The van der Waals surface area contributed by atoms with Crippen LogP contribution in [0.5, 0.6) is 0 Å². The van der Waals surface area contributed by atoms with Crippen LogP contribution in [-0.4, -0.2) is 48.0 Å². The van der Waals surface area contributed by atoms with E-state index in [0.29, 0.717) is 37.3 Å². The number of hydrogen-bond donors (Lipinski definition) is 0. The molecule has 1 aliphatic heterocycles. The first-order chi connectivity index (χ1) is 11.5. The molecule has 1 amide bonds. The highest BCUT2D eigenvalue weighted by Gasteiger charge is 2.25. The van der Waals surface area contributed by atoms with Gasteiger partial charge in [-0.2, -0.15) is 0 Å². The second-order valence-electron chi connectivity index (χ2n) is 6.14. The standard InChI is InChI=1S/C18H20ClN3O2/c1-21(2)11-14-10-17(20-24-14)15-12-22(9-8-16(15)19)18(23)13-6-4-3-5-7-13/h3-7,10H,8-9,11-12H2,1-2H3. The number of amides is 1. The molecule has 1 aliphatic rings. The van der Waals surface area contributed by atoms with Crippen LogP contribution >= 0.6 is 11.6 Å². The summed E-state index contributed by atoms with van der Waals surface area (Å²) in [5, 5.41) is 4.87. The van der Waals surface area contributed by atoms with Crippen molar-refractivity contribution >= 4 is 23.1 Å². The van der Waals surface area contributed by atoms with Crippen molar-refractivity contribution in [2.24, 2.45) is 0 Å². The number of halogens is 1. The summed E-state index contributed by atoms with van der Waals surface area (Å²) in [7, 11) is 3.94. The van der Waals surface area contributed by atoms with Gasteiger partial charge in [0.15, 0.2) is 5.76 Å². The van der Waals surface area contributed by atoms with Gasteiger partial charge in [-0.25, -0.2) is 0 Å². The molecule has 0 saturated heterocycles. The van der Waals surface area contributed by atoms with Gasteiger partial charge in [0.1, 0.15) is 5.69 Å². The summed E-state index contributed by atoms with van der Waals surface area (Å²) < 4.78 is 5.37. The molecule has 0 aliphatic carbocycles. The average Bonchev–Trinajstić information content (AvgIpc) is 3.03. The zero-order valence-electron chi connectivity index (χ0n) is 13.8. The molecule has 126 valence electrons. The fourth-order valence-electron chi connectivity index (χ4n) is 2.74. The van der Waals surface area contributed by atoms with Crippen LogP contribution in [0.1, 0.15) is 28.2 Å². The van der Waals surface area contributed by atoms with Gasteiger partial charge in [0, 0.05) is 41.7 Å². The minimum atomic E-state index is 0.00859. The number of carbonyl (C=O) groups excluding carboxylic acids is 1. The number of hydrogen-bond acceptors (Lipinski definition) is 4. The molecule has 2 heterocycles. The molecule has 24 heavy (non-hydrogen) atoms. The molecule has 0 unspecified atom stereocenters. The van der Waals surface area contributed by atoms with E-state index in [2.05, 4.69) is 5.16 Å². The Morgan fingerprint density at radius 3 is 2.79 bits per heavy atom. The maximum atomic E-state index is 12.6. The van der Waals surface area contributed by atoms with Gasteiger partial charge in [0.2, 0.25) is 0 Å². The average molecular weight is 346 g/mol. The molecular formula is C18H20ClN3O2. The van der Waals surface area contributed by atoms with E-state index in [9.17, 15) is 4.79 Å². The van der Waals surface area contributed by atoms with Gasteiger partial charge in [-0.3, -0.25) is 4.79 Å². The highest BCUT2D eigenvalue weighted by atomic mass is 35.5. The van der Waals surface area contributed by atoms with E-state index in [-0.39, 0.29) is 5.91 Å². The number of nitrogens with zero attached hydrogens (tertiary/aromatic N) is 3. The van der Waals surface area contributed by atoms with Crippen molar-refractivity contribution in [2.45, 2.75) is 13.0 Å². The predicted molar refractivity (Wildman–Crippen MR) is 93.6 cm³/mol. The highest BCUT2D eigenvalue weighted by Crippen LogP contribution is 2.29. The van der Waals surface area contributed by atoms with Gasteiger partial charge in [-0.05, 0) is 26.2 Å². The van der Waals surface area contributed by atoms with Gasteiger partial charge in [-0.15, -0.1) is 0 Å². The molecule has 0 spiro atoms. The zero-order valence-corrected chi connectivity index (χ0v) is 14.6. The number of carbonyl (C=O) groups is 1. The van der Waals surface area contributed by atoms with Gasteiger partial charge < -0.3 is 14.3 Å². The Bertz CT molecular complexity index is 753. The molecule has 0 bridgehead atoms. The van der Waals surface area contributed by atoms with Gasteiger partial charge in [-0.1, -0.05) is 35.0 Å². The molecule has 3 rings (SSSR count). The van der Waals surface area contributed by atoms with E-state index in [4.69, 9.17) is 16.1 Å². The first-order valence-corrected chi connectivity index (χ1v) is 8.25. The van der Waals surface area contributed by atoms with E-state index >= 15 is 0 Å². The first-order valence-electron chi connectivity index (χ1n) is 7.87. The monoisotopic (exact) mass is 345 g/mol.